The number of carbonyl (C=O) groups excluding carboxylic acids is 1. The highest BCUT2D eigenvalue weighted by Gasteiger charge is 2.30. The van der Waals surface area contributed by atoms with E-state index in [1.807, 2.05) is 32.0 Å². The number of fused-ring (bicyclic) bond motifs is 1. The highest BCUT2D eigenvalue weighted by atomic mass is 16.6. The Hall–Kier alpha value is -2.57. The van der Waals surface area contributed by atoms with Gasteiger partial charge in [-0.15, -0.1) is 0 Å². The van der Waals surface area contributed by atoms with Gasteiger partial charge in [0, 0.05) is 13.0 Å². The van der Waals surface area contributed by atoms with Crippen LogP contribution in [0.3, 0.4) is 0 Å². The molecule has 0 spiro atoms. The molecule has 0 bridgehead atoms. The Morgan fingerprint density at radius 1 is 1.35 bits per heavy atom. The average Bonchev–Trinajstić information content (AvgIpc) is 3.02. The maximum atomic E-state index is 12.5. The monoisotopic (exact) mass is 317 g/mol. The van der Waals surface area contributed by atoms with E-state index in [0.717, 1.165) is 0 Å². The first kappa shape index (κ1) is 15.3. The third kappa shape index (κ3) is 3.28. The fourth-order valence-electron chi connectivity index (χ4n) is 2.23. The summed E-state index contributed by atoms with van der Waals surface area (Å²) in [6.45, 7) is 4.38. The smallest absolute Gasteiger partial charge is 0.267 e. The van der Waals surface area contributed by atoms with E-state index >= 15 is 0 Å². The predicted octanol–water partition coefficient (Wildman–Crippen LogP) is 1.99. The summed E-state index contributed by atoms with van der Waals surface area (Å²) in [5.41, 5.74) is 0. The van der Waals surface area contributed by atoms with Crippen LogP contribution >= 0.6 is 0 Å². The van der Waals surface area contributed by atoms with E-state index in [0.29, 0.717) is 23.2 Å². The highest BCUT2D eigenvalue weighted by molar-refractivity contribution is 5.81. The van der Waals surface area contributed by atoms with Gasteiger partial charge in [0.05, 0.1) is 6.54 Å². The molecule has 0 unspecified atom stereocenters. The van der Waals surface area contributed by atoms with E-state index in [1.165, 1.54) is 4.90 Å². The van der Waals surface area contributed by atoms with Crippen molar-refractivity contribution in [3.05, 3.63) is 36.0 Å². The Morgan fingerprint density at radius 2 is 2.09 bits per heavy atom. The van der Waals surface area contributed by atoms with Gasteiger partial charge in [0.25, 0.3) is 5.91 Å². The van der Waals surface area contributed by atoms with Crippen molar-refractivity contribution in [3.8, 4) is 11.5 Å². The fourth-order valence-corrected chi connectivity index (χ4v) is 2.23. The molecule has 23 heavy (non-hydrogen) atoms. The first-order valence-electron chi connectivity index (χ1n) is 7.50. The van der Waals surface area contributed by atoms with Crippen LogP contribution in [-0.4, -0.2) is 40.7 Å². The topological polar surface area (TPSA) is 77.7 Å². The van der Waals surface area contributed by atoms with Gasteiger partial charge in [-0.3, -0.25) is 4.79 Å². The predicted molar refractivity (Wildman–Crippen MR) is 81.2 cm³/mol. The van der Waals surface area contributed by atoms with Crippen LogP contribution in [0.1, 0.15) is 31.5 Å². The van der Waals surface area contributed by atoms with E-state index in [-0.39, 0.29) is 25.0 Å². The zero-order valence-corrected chi connectivity index (χ0v) is 13.4. The van der Waals surface area contributed by atoms with Gasteiger partial charge >= 0.3 is 0 Å². The van der Waals surface area contributed by atoms with Crippen LogP contribution < -0.4 is 9.47 Å². The van der Waals surface area contributed by atoms with Gasteiger partial charge in [0.15, 0.2) is 17.3 Å². The van der Waals surface area contributed by atoms with E-state index in [4.69, 9.17) is 14.0 Å². The van der Waals surface area contributed by atoms with Gasteiger partial charge in [-0.25, -0.2) is 0 Å². The first-order chi connectivity index (χ1) is 11.0. The average molecular weight is 317 g/mol. The molecule has 0 radical (unpaired) electrons. The lowest BCUT2D eigenvalue weighted by Crippen LogP contribution is -2.44. The van der Waals surface area contributed by atoms with Crippen LogP contribution in [0.4, 0.5) is 0 Å². The number of benzene rings is 1. The molecule has 1 aromatic heterocycles. The van der Waals surface area contributed by atoms with Crippen LogP contribution in [0, 0.1) is 0 Å². The molecule has 2 heterocycles. The van der Waals surface area contributed by atoms with Crippen molar-refractivity contribution >= 4 is 5.91 Å². The normalized spacial score (nSPS) is 16.4. The molecule has 7 heteroatoms. The summed E-state index contributed by atoms with van der Waals surface area (Å²) in [6.07, 6.45) is -0.678. The third-order valence-corrected chi connectivity index (χ3v) is 3.53. The number of rotatable bonds is 4. The Balaban J connectivity index is 1.63. The second kappa shape index (κ2) is 6.28. The second-order valence-electron chi connectivity index (χ2n) is 5.76. The minimum Gasteiger partial charge on any atom is -0.485 e. The Morgan fingerprint density at radius 3 is 2.78 bits per heavy atom. The summed E-state index contributed by atoms with van der Waals surface area (Å²) >= 11 is 0. The van der Waals surface area contributed by atoms with Crippen LogP contribution in [-0.2, 0) is 11.3 Å². The quantitative estimate of drug-likeness (QED) is 0.858. The standard InChI is InChI=1S/C16H19N3O4/c1-10(2)15-17-14(23-18-15)8-19(3)16(20)13-9-21-11-6-4-5-7-12(11)22-13/h4-7,10,13H,8-9H2,1-3H3/t13-/m0/s1. The lowest BCUT2D eigenvalue weighted by atomic mass is 10.2. The fraction of sp³-hybridized carbons (Fsp3) is 0.438. The lowest BCUT2D eigenvalue weighted by molar-refractivity contribution is -0.140. The molecule has 2 aromatic rings. The molecule has 1 aliphatic rings. The summed E-state index contributed by atoms with van der Waals surface area (Å²) in [5, 5.41) is 3.89. The summed E-state index contributed by atoms with van der Waals surface area (Å²) in [6, 6.07) is 7.29. The number of para-hydroxylation sites is 2. The number of ether oxygens (including phenoxy) is 2. The minimum atomic E-state index is -0.678. The van der Waals surface area contributed by atoms with Crippen molar-refractivity contribution in [3.63, 3.8) is 0 Å². The van der Waals surface area contributed by atoms with Gasteiger partial charge in [-0.1, -0.05) is 31.1 Å². The number of likely N-dealkylation sites (N-methyl/N-ethyl adjacent to an activating group) is 1. The van der Waals surface area contributed by atoms with Crippen molar-refractivity contribution in [1.82, 2.24) is 15.0 Å². The second-order valence-corrected chi connectivity index (χ2v) is 5.76. The third-order valence-electron chi connectivity index (χ3n) is 3.53. The zero-order valence-electron chi connectivity index (χ0n) is 13.4. The Labute approximate surface area is 134 Å². The molecule has 0 N–H and O–H groups in total. The van der Waals surface area contributed by atoms with Gasteiger partial charge < -0.3 is 18.9 Å². The van der Waals surface area contributed by atoms with Crippen molar-refractivity contribution in [2.75, 3.05) is 13.7 Å². The molecule has 1 aromatic carbocycles. The van der Waals surface area contributed by atoms with Crippen molar-refractivity contribution in [1.29, 1.82) is 0 Å². The summed E-state index contributed by atoms with van der Waals surface area (Å²) in [7, 11) is 1.67. The van der Waals surface area contributed by atoms with Crippen LogP contribution in [0.5, 0.6) is 11.5 Å². The van der Waals surface area contributed by atoms with E-state index in [2.05, 4.69) is 10.1 Å². The molecule has 1 amide bonds. The Bertz CT molecular complexity index is 698. The zero-order chi connectivity index (χ0) is 16.4. The van der Waals surface area contributed by atoms with Crippen LogP contribution in [0.2, 0.25) is 0 Å². The molecule has 0 fully saturated rings. The lowest BCUT2D eigenvalue weighted by Gasteiger charge is -2.28. The summed E-state index contributed by atoms with van der Waals surface area (Å²) < 4.78 is 16.4. The minimum absolute atomic E-state index is 0.181. The Kier molecular flexibility index (Phi) is 4.18. The molecular formula is C16H19N3O4. The molecule has 0 saturated carbocycles. The van der Waals surface area contributed by atoms with E-state index in [9.17, 15) is 4.79 Å². The largest absolute Gasteiger partial charge is 0.485 e. The number of carbonyl (C=O) groups is 1. The van der Waals surface area contributed by atoms with Gasteiger partial charge in [-0.05, 0) is 12.1 Å². The van der Waals surface area contributed by atoms with Gasteiger partial charge in [0.2, 0.25) is 12.0 Å². The van der Waals surface area contributed by atoms with Crippen LogP contribution in [0.25, 0.3) is 0 Å². The molecule has 3 rings (SSSR count). The molecule has 7 nitrogen and oxygen atoms in total. The molecule has 122 valence electrons. The number of amides is 1. The molecular weight excluding hydrogens is 298 g/mol. The molecule has 1 aliphatic heterocycles. The molecule has 1 atom stereocenters. The van der Waals surface area contributed by atoms with Crippen LogP contribution in [0.15, 0.2) is 28.8 Å². The SMILES string of the molecule is CC(C)c1noc(CN(C)C(=O)[C@@H]2COc3ccccc3O2)n1. The van der Waals surface area contributed by atoms with Crippen molar-refractivity contribution in [2.24, 2.45) is 0 Å². The number of aromatic nitrogens is 2. The highest BCUT2D eigenvalue weighted by Crippen LogP contribution is 2.31. The van der Waals surface area contributed by atoms with Gasteiger partial charge in [0.1, 0.15) is 6.61 Å². The first-order valence-corrected chi connectivity index (χ1v) is 7.50. The molecule has 0 saturated heterocycles. The van der Waals surface area contributed by atoms with Crippen molar-refractivity contribution < 1.29 is 18.8 Å². The number of hydrogen-bond donors (Lipinski definition) is 0. The number of hydrogen-bond acceptors (Lipinski definition) is 6. The summed E-state index contributed by atoms with van der Waals surface area (Å²) in [5.74, 6) is 2.25. The van der Waals surface area contributed by atoms with Crippen molar-refractivity contribution in [2.45, 2.75) is 32.4 Å². The van der Waals surface area contributed by atoms with E-state index in [1.54, 1.807) is 13.1 Å². The number of nitrogens with zero attached hydrogens (tertiary/aromatic N) is 3. The summed E-state index contributed by atoms with van der Waals surface area (Å²) in [4.78, 5) is 18.3. The maximum Gasteiger partial charge on any atom is 0.267 e. The van der Waals surface area contributed by atoms with E-state index < -0.39 is 6.10 Å². The molecule has 0 aliphatic carbocycles. The maximum absolute atomic E-state index is 12.5. The van der Waals surface area contributed by atoms with Gasteiger partial charge in [-0.2, -0.15) is 4.98 Å².